The summed E-state index contributed by atoms with van der Waals surface area (Å²) in [7, 11) is 0. The molecule has 0 saturated heterocycles. The first-order valence-electron chi connectivity index (χ1n) is 7.92. The van der Waals surface area contributed by atoms with Crippen LogP contribution in [0.15, 0.2) is 42.5 Å². The molecule has 1 aliphatic rings. The molecule has 0 bridgehead atoms. The largest absolute Gasteiger partial charge is 0.489 e. The molecule has 1 aliphatic heterocycles. The standard InChI is InChI=1S/C19H20N2O3/c1-13(22)21-10-9-18-15(11-21)3-2-4-16(18)12-24-17-7-5-14(6-8-17)19(20)23/h2-8H,9-12H2,1H3,(H2,20,23). The highest BCUT2D eigenvalue weighted by Gasteiger charge is 2.20. The van der Waals surface area contributed by atoms with Gasteiger partial charge in [0, 0.05) is 25.6 Å². The summed E-state index contributed by atoms with van der Waals surface area (Å²) in [5.41, 5.74) is 9.28. The van der Waals surface area contributed by atoms with Crippen LogP contribution in [-0.4, -0.2) is 23.3 Å². The minimum atomic E-state index is -0.450. The van der Waals surface area contributed by atoms with E-state index < -0.39 is 5.91 Å². The first-order valence-corrected chi connectivity index (χ1v) is 7.92. The highest BCUT2D eigenvalue weighted by molar-refractivity contribution is 5.92. The number of hydrogen-bond acceptors (Lipinski definition) is 3. The van der Waals surface area contributed by atoms with Crippen LogP contribution >= 0.6 is 0 Å². The fourth-order valence-electron chi connectivity index (χ4n) is 2.97. The number of rotatable bonds is 4. The number of fused-ring (bicyclic) bond motifs is 1. The molecule has 0 saturated carbocycles. The topological polar surface area (TPSA) is 72.6 Å². The van der Waals surface area contributed by atoms with Gasteiger partial charge in [-0.25, -0.2) is 0 Å². The van der Waals surface area contributed by atoms with Crippen molar-refractivity contribution in [2.75, 3.05) is 6.54 Å². The molecule has 2 aromatic rings. The van der Waals surface area contributed by atoms with Crippen molar-refractivity contribution in [3.8, 4) is 5.75 Å². The van der Waals surface area contributed by atoms with Gasteiger partial charge in [-0.1, -0.05) is 18.2 Å². The van der Waals surface area contributed by atoms with Crippen LogP contribution < -0.4 is 10.5 Å². The van der Waals surface area contributed by atoms with Crippen molar-refractivity contribution in [1.29, 1.82) is 0 Å². The molecule has 2 N–H and O–H groups in total. The Hall–Kier alpha value is -2.82. The molecular formula is C19H20N2O3. The Morgan fingerprint density at radius 1 is 1.17 bits per heavy atom. The number of primary amides is 1. The van der Waals surface area contributed by atoms with Crippen molar-refractivity contribution in [1.82, 2.24) is 4.90 Å². The highest BCUT2D eigenvalue weighted by atomic mass is 16.5. The molecule has 0 spiro atoms. The van der Waals surface area contributed by atoms with Gasteiger partial charge in [0.25, 0.3) is 0 Å². The third kappa shape index (κ3) is 3.40. The van der Waals surface area contributed by atoms with E-state index in [1.807, 2.05) is 11.0 Å². The van der Waals surface area contributed by atoms with Gasteiger partial charge >= 0.3 is 0 Å². The maximum atomic E-state index is 11.5. The number of ether oxygens (including phenoxy) is 1. The Bertz CT molecular complexity index is 769. The smallest absolute Gasteiger partial charge is 0.248 e. The van der Waals surface area contributed by atoms with Crippen LogP contribution in [0.2, 0.25) is 0 Å². The van der Waals surface area contributed by atoms with Gasteiger partial charge in [-0.2, -0.15) is 0 Å². The Morgan fingerprint density at radius 2 is 1.92 bits per heavy atom. The minimum absolute atomic E-state index is 0.108. The van der Waals surface area contributed by atoms with Crippen LogP contribution in [0.1, 0.15) is 34.0 Å². The van der Waals surface area contributed by atoms with E-state index in [2.05, 4.69) is 12.1 Å². The normalized spacial score (nSPS) is 13.3. The lowest BCUT2D eigenvalue weighted by molar-refractivity contribution is -0.129. The fourth-order valence-corrected chi connectivity index (χ4v) is 2.97. The molecule has 0 atom stereocenters. The molecule has 24 heavy (non-hydrogen) atoms. The van der Waals surface area contributed by atoms with E-state index in [1.54, 1.807) is 31.2 Å². The Morgan fingerprint density at radius 3 is 2.58 bits per heavy atom. The van der Waals surface area contributed by atoms with E-state index in [9.17, 15) is 9.59 Å². The summed E-state index contributed by atoms with van der Waals surface area (Å²) in [4.78, 5) is 24.5. The fraction of sp³-hybridized carbons (Fsp3) is 0.263. The molecule has 5 nitrogen and oxygen atoms in total. The number of nitrogens with two attached hydrogens (primary N) is 1. The van der Waals surface area contributed by atoms with Crippen LogP contribution in [0, 0.1) is 0 Å². The van der Waals surface area contributed by atoms with Crippen molar-refractivity contribution in [2.24, 2.45) is 5.73 Å². The molecule has 0 aliphatic carbocycles. The second-order valence-electron chi connectivity index (χ2n) is 5.92. The number of hydrogen-bond donors (Lipinski definition) is 1. The van der Waals surface area contributed by atoms with Gasteiger partial charge in [-0.05, 0) is 47.4 Å². The molecule has 0 fully saturated rings. The van der Waals surface area contributed by atoms with Crippen molar-refractivity contribution in [2.45, 2.75) is 26.5 Å². The molecule has 1 heterocycles. The van der Waals surface area contributed by atoms with Crippen LogP contribution in [0.4, 0.5) is 0 Å². The van der Waals surface area contributed by atoms with Gasteiger partial charge in [0.05, 0.1) is 0 Å². The lowest BCUT2D eigenvalue weighted by Crippen LogP contribution is -2.34. The maximum absolute atomic E-state index is 11.5. The Labute approximate surface area is 141 Å². The van der Waals surface area contributed by atoms with E-state index in [1.165, 1.54) is 11.1 Å². The number of amides is 2. The van der Waals surface area contributed by atoms with Crippen LogP contribution in [0.25, 0.3) is 0 Å². The molecule has 124 valence electrons. The predicted molar refractivity (Wildman–Crippen MR) is 90.5 cm³/mol. The van der Waals surface area contributed by atoms with Crippen molar-refractivity contribution in [3.63, 3.8) is 0 Å². The first kappa shape index (κ1) is 16.1. The third-order valence-corrected chi connectivity index (χ3v) is 4.34. The van der Waals surface area contributed by atoms with E-state index in [4.69, 9.17) is 10.5 Å². The second-order valence-corrected chi connectivity index (χ2v) is 5.92. The second kappa shape index (κ2) is 6.74. The summed E-state index contributed by atoms with van der Waals surface area (Å²) in [5.74, 6) is 0.351. The van der Waals surface area contributed by atoms with Gasteiger partial charge in [0.15, 0.2) is 0 Å². The lowest BCUT2D eigenvalue weighted by atomic mass is 9.95. The average molecular weight is 324 g/mol. The number of carbonyl (C=O) groups excluding carboxylic acids is 2. The molecule has 0 unspecified atom stereocenters. The lowest BCUT2D eigenvalue weighted by Gasteiger charge is -2.29. The van der Waals surface area contributed by atoms with Crippen molar-refractivity contribution >= 4 is 11.8 Å². The van der Waals surface area contributed by atoms with E-state index in [-0.39, 0.29) is 5.91 Å². The van der Waals surface area contributed by atoms with Crippen molar-refractivity contribution < 1.29 is 14.3 Å². The summed E-state index contributed by atoms with van der Waals surface area (Å²) in [6, 6.07) is 12.9. The van der Waals surface area contributed by atoms with Crippen LogP contribution in [-0.2, 0) is 24.4 Å². The number of nitrogens with zero attached hydrogens (tertiary/aromatic N) is 1. The number of benzene rings is 2. The Kier molecular flexibility index (Phi) is 4.51. The number of carbonyl (C=O) groups is 2. The van der Waals surface area contributed by atoms with Gasteiger partial charge in [-0.15, -0.1) is 0 Å². The van der Waals surface area contributed by atoms with Gasteiger partial charge in [0.1, 0.15) is 12.4 Å². The molecule has 2 amide bonds. The monoisotopic (exact) mass is 324 g/mol. The van der Waals surface area contributed by atoms with Crippen molar-refractivity contribution in [3.05, 3.63) is 64.7 Å². The minimum Gasteiger partial charge on any atom is -0.489 e. The zero-order chi connectivity index (χ0) is 17.1. The zero-order valence-electron chi connectivity index (χ0n) is 13.6. The Balaban J connectivity index is 1.71. The summed E-state index contributed by atoms with van der Waals surface area (Å²) in [5, 5.41) is 0. The van der Waals surface area contributed by atoms with E-state index in [0.29, 0.717) is 24.5 Å². The van der Waals surface area contributed by atoms with Gasteiger partial charge in [0.2, 0.25) is 11.8 Å². The maximum Gasteiger partial charge on any atom is 0.248 e. The van der Waals surface area contributed by atoms with E-state index >= 15 is 0 Å². The third-order valence-electron chi connectivity index (χ3n) is 4.34. The summed E-state index contributed by atoms with van der Waals surface area (Å²) in [6.45, 7) is 3.46. The summed E-state index contributed by atoms with van der Waals surface area (Å²) >= 11 is 0. The molecule has 2 aromatic carbocycles. The molecule has 3 rings (SSSR count). The van der Waals surface area contributed by atoms with E-state index in [0.717, 1.165) is 18.5 Å². The molecular weight excluding hydrogens is 304 g/mol. The zero-order valence-corrected chi connectivity index (χ0v) is 13.6. The first-order chi connectivity index (χ1) is 11.5. The highest BCUT2D eigenvalue weighted by Crippen LogP contribution is 2.24. The SMILES string of the molecule is CC(=O)N1CCc2c(COc3ccc(C(N)=O)cc3)cccc2C1. The molecule has 5 heteroatoms. The summed E-state index contributed by atoms with van der Waals surface area (Å²) < 4.78 is 5.83. The quantitative estimate of drug-likeness (QED) is 0.937. The summed E-state index contributed by atoms with van der Waals surface area (Å²) in [6.07, 6.45) is 0.842. The van der Waals surface area contributed by atoms with Crippen LogP contribution in [0.3, 0.4) is 0 Å². The van der Waals surface area contributed by atoms with Gasteiger partial charge < -0.3 is 15.4 Å². The average Bonchev–Trinajstić information content (AvgIpc) is 2.59. The predicted octanol–water partition coefficient (Wildman–Crippen LogP) is 2.27. The van der Waals surface area contributed by atoms with Crippen LogP contribution in [0.5, 0.6) is 5.75 Å². The molecule has 0 radical (unpaired) electrons. The molecule has 0 aromatic heterocycles. The van der Waals surface area contributed by atoms with Gasteiger partial charge in [-0.3, -0.25) is 9.59 Å².